The van der Waals surface area contributed by atoms with Gasteiger partial charge in [-0.25, -0.2) is 14.2 Å². The number of hydrogen-bond acceptors (Lipinski definition) is 8. The number of aryl methyl sites for hydroxylation is 1. The number of fused-ring (bicyclic) bond motifs is 1. The molecule has 0 bridgehead atoms. The Morgan fingerprint density at radius 1 is 1.18 bits per heavy atom. The molecule has 0 fully saturated rings. The number of urea groups is 1. The molecule has 0 aliphatic heterocycles. The van der Waals surface area contributed by atoms with Gasteiger partial charge in [0.15, 0.2) is 0 Å². The van der Waals surface area contributed by atoms with E-state index in [1.165, 1.54) is 22.8 Å². The van der Waals surface area contributed by atoms with Crippen LogP contribution >= 0.6 is 12.4 Å². The molecular weight excluding hydrogens is 515 g/mol. The first-order chi connectivity index (χ1) is 17.6. The molecule has 1 aromatic carbocycles. The summed E-state index contributed by atoms with van der Waals surface area (Å²) in [6.45, 7) is 5.33. The van der Waals surface area contributed by atoms with E-state index in [0.29, 0.717) is 40.3 Å². The zero-order valence-corrected chi connectivity index (χ0v) is 22.5. The maximum absolute atomic E-state index is 14.5. The summed E-state index contributed by atoms with van der Waals surface area (Å²) >= 11 is 0. The SMILES string of the molecule is CC(C)c1cc(NC(=O)Nc2cc(-c3cc4cnc(NCCN(C)C)nc4n(C)c3=O)ccc2F)on1.Cl. The van der Waals surface area contributed by atoms with Crippen LogP contribution in [0.5, 0.6) is 0 Å². The van der Waals surface area contributed by atoms with Gasteiger partial charge in [-0.2, -0.15) is 4.98 Å². The second-order valence-electron chi connectivity index (χ2n) is 9.17. The number of likely N-dealkylation sites (N-methyl/N-ethyl adjacent to an activating group) is 1. The third kappa shape index (κ3) is 6.45. The van der Waals surface area contributed by atoms with E-state index in [1.54, 1.807) is 25.4 Å². The average Bonchev–Trinajstić information content (AvgIpc) is 3.31. The maximum Gasteiger partial charge on any atom is 0.326 e. The highest BCUT2D eigenvalue weighted by Gasteiger charge is 2.16. The van der Waals surface area contributed by atoms with E-state index >= 15 is 0 Å². The molecule has 0 saturated heterocycles. The van der Waals surface area contributed by atoms with Gasteiger partial charge in [0, 0.05) is 43.4 Å². The van der Waals surface area contributed by atoms with E-state index < -0.39 is 11.8 Å². The molecule has 2 amide bonds. The van der Waals surface area contributed by atoms with E-state index in [2.05, 4.69) is 31.1 Å². The van der Waals surface area contributed by atoms with Gasteiger partial charge in [-0.05, 0) is 43.8 Å². The van der Waals surface area contributed by atoms with Crippen molar-refractivity contribution in [3.05, 3.63) is 58.4 Å². The minimum absolute atomic E-state index is 0. The molecule has 0 aliphatic carbocycles. The molecule has 4 rings (SSSR count). The molecule has 0 spiro atoms. The molecule has 0 radical (unpaired) electrons. The topological polar surface area (TPSA) is 130 Å². The summed E-state index contributed by atoms with van der Waals surface area (Å²) in [6.07, 6.45) is 1.63. The first-order valence-corrected chi connectivity index (χ1v) is 11.7. The van der Waals surface area contributed by atoms with Crippen molar-refractivity contribution in [3.8, 4) is 11.1 Å². The number of pyridine rings is 1. The van der Waals surface area contributed by atoms with Crippen molar-refractivity contribution in [1.29, 1.82) is 0 Å². The van der Waals surface area contributed by atoms with Gasteiger partial charge in [-0.1, -0.05) is 25.1 Å². The third-order valence-electron chi connectivity index (χ3n) is 5.67. The molecule has 4 aromatic rings. The molecule has 38 heavy (non-hydrogen) atoms. The monoisotopic (exact) mass is 544 g/mol. The minimum atomic E-state index is -0.711. The standard InChI is InChI=1S/C25H29FN8O3.ClH/c1-14(2)19-12-21(37-32-19)30-25(36)29-20-11-15(6-7-18(20)26)17-10-16-13-28-24(27-8-9-33(3)4)31-22(16)34(5)23(17)35;/h6-7,10-14H,8-9H2,1-5H3,(H,27,28,31)(H2,29,30,36);1H. The highest BCUT2D eigenvalue weighted by atomic mass is 35.5. The van der Waals surface area contributed by atoms with E-state index in [-0.39, 0.29) is 35.5 Å². The summed E-state index contributed by atoms with van der Waals surface area (Å²) in [5.74, 6) is 0.0199. The number of amides is 2. The van der Waals surface area contributed by atoms with Crippen LogP contribution in [0, 0.1) is 5.82 Å². The van der Waals surface area contributed by atoms with Crippen molar-refractivity contribution in [3.63, 3.8) is 0 Å². The van der Waals surface area contributed by atoms with Crippen molar-refractivity contribution < 1.29 is 13.7 Å². The summed E-state index contributed by atoms with van der Waals surface area (Å²) in [5.41, 5.74) is 1.45. The average molecular weight is 545 g/mol. The fourth-order valence-corrected chi connectivity index (χ4v) is 3.60. The number of nitrogens with one attached hydrogen (secondary N) is 3. The fraction of sp³-hybridized carbons (Fsp3) is 0.320. The zero-order chi connectivity index (χ0) is 26.7. The van der Waals surface area contributed by atoms with Crippen LogP contribution in [0.4, 0.5) is 26.7 Å². The van der Waals surface area contributed by atoms with Crippen LogP contribution in [0.2, 0.25) is 0 Å². The molecule has 11 nitrogen and oxygen atoms in total. The van der Waals surface area contributed by atoms with Gasteiger partial charge < -0.3 is 20.1 Å². The number of carbonyl (C=O) groups excluding carboxylic acids is 1. The molecule has 0 aliphatic rings. The summed E-state index contributed by atoms with van der Waals surface area (Å²) in [4.78, 5) is 36.5. The number of nitrogens with zero attached hydrogens (tertiary/aromatic N) is 5. The fourth-order valence-electron chi connectivity index (χ4n) is 3.60. The highest BCUT2D eigenvalue weighted by molar-refractivity contribution is 5.99. The van der Waals surface area contributed by atoms with Crippen molar-refractivity contribution in [2.75, 3.05) is 43.1 Å². The van der Waals surface area contributed by atoms with Crippen LogP contribution in [0.25, 0.3) is 22.2 Å². The van der Waals surface area contributed by atoms with Crippen LogP contribution in [0.15, 0.2) is 45.8 Å². The number of carbonyl (C=O) groups is 1. The summed E-state index contributed by atoms with van der Waals surface area (Å²) in [5, 5.41) is 12.6. The lowest BCUT2D eigenvalue weighted by Crippen LogP contribution is -2.23. The van der Waals surface area contributed by atoms with Crippen molar-refractivity contribution in [2.24, 2.45) is 7.05 Å². The maximum atomic E-state index is 14.5. The van der Waals surface area contributed by atoms with Gasteiger partial charge in [-0.3, -0.25) is 14.7 Å². The van der Waals surface area contributed by atoms with E-state index in [1.807, 2.05) is 32.8 Å². The normalized spacial score (nSPS) is 11.1. The number of aromatic nitrogens is 4. The first kappa shape index (κ1) is 28.5. The Labute approximate surface area is 224 Å². The number of anilines is 3. The molecule has 3 aromatic heterocycles. The Morgan fingerprint density at radius 3 is 2.63 bits per heavy atom. The largest absolute Gasteiger partial charge is 0.353 e. The summed E-state index contributed by atoms with van der Waals surface area (Å²) in [6, 6.07) is 6.60. The second-order valence-corrected chi connectivity index (χ2v) is 9.17. The third-order valence-corrected chi connectivity index (χ3v) is 5.67. The van der Waals surface area contributed by atoms with Gasteiger partial charge in [0.2, 0.25) is 11.8 Å². The van der Waals surface area contributed by atoms with Gasteiger partial charge >= 0.3 is 6.03 Å². The molecule has 3 N–H and O–H groups in total. The Kier molecular flexibility index (Phi) is 9.02. The number of rotatable bonds is 8. The second kappa shape index (κ2) is 12.0. The summed E-state index contributed by atoms with van der Waals surface area (Å²) < 4.78 is 21.0. The molecule has 0 atom stereocenters. The first-order valence-electron chi connectivity index (χ1n) is 11.7. The lowest BCUT2D eigenvalue weighted by Gasteiger charge is -2.13. The summed E-state index contributed by atoms with van der Waals surface area (Å²) in [7, 11) is 5.55. The Morgan fingerprint density at radius 2 is 1.95 bits per heavy atom. The lowest BCUT2D eigenvalue weighted by atomic mass is 10.1. The number of benzene rings is 1. The van der Waals surface area contributed by atoms with E-state index in [4.69, 9.17) is 4.52 Å². The van der Waals surface area contributed by atoms with E-state index in [0.717, 1.165) is 6.54 Å². The van der Waals surface area contributed by atoms with Crippen LogP contribution in [0.3, 0.4) is 0 Å². The Hall–Kier alpha value is -4.03. The van der Waals surface area contributed by atoms with Gasteiger partial charge in [0.25, 0.3) is 5.56 Å². The van der Waals surface area contributed by atoms with Gasteiger partial charge in [0.1, 0.15) is 11.5 Å². The highest BCUT2D eigenvalue weighted by Crippen LogP contribution is 2.26. The molecular formula is C25H30ClFN8O3. The Bertz CT molecular complexity index is 1500. The number of halogens is 2. The van der Waals surface area contributed by atoms with Gasteiger partial charge in [-0.15, -0.1) is 12.4 Å². The smallest absolute Gasteiger partial charge is 0.326 e. The lowest BCUT2D eigenvalue weighted by molar-refractivity contribution is 0.261. The van der Waals surface area contributed by atoms with Crippen LogP contribution < -0.4 is 21.5 Å². The zero-order valence-electron chi connectivity index (χ0n) is 21.7. The molecule has 202 valence electrons. The predicted molar refractivity (Wildman–Crippen MR) is 148 cm³/mol. The van der Waals surface area contributed by atoms with Gasteiger partial charge in [0.05, 0.1) is 11.4 Å². The minimum Gasteiger partial charge on any atom is -0.353 e. The molecule has 0 saturated carbocycles. The van der Waals surface area contributed by atoms with Crippen LogP contribution in [-0.2, 0) is 7.05 Å². The van der Waals surface area contributed by atoms with Crippen molar-refractivity contribution in [2.45, 2.75) is 19.8 Å². The molecule has 13 heteroatoms. The van der Waals surface area contributed by atoms with Crippen molar-refractivity contribution in [1.82, 2.24) is 24.6 Å². The predicted octanol–water partition coefficient (Wildman–Crippen LogP) is 4.29. The molecule has 3 heterocycles. The Balaban J connectivity index is 0.00000400. The van der Waals surface area contributed by atoms with E-state index in [9.17, 15) is 14.0 Å². The number of hydrogen-bond donors (Lipinski definition) is 3. The van der Waals surface area contributed by atoms with Crippen LogP contribution in [-0.4, -0.2) is 57.8 Å². The van der Waals surface area contributed by atoms with Crippen LogP contribution in [0.1, 0.15) is 25.5 Å². The molecule has 0 unspecified atom stereocenters. The quantitative estimate of drug-likeness (QED) is 0.299. The van der Waals surface area contributed by atoms with Crippen molar-refractivity contribution >= 4 is 47.0 Å².